The van der Waals surface area contributed by atoms with Crippen molar-refractivity contribution in [3.8, 4) is 5.75 Å². The van der Waals surface area contributed by atoms with Crippen molar-refractivity contribution in [3.05, 3.63) is 42.0 Å². The molecule has 1 N–H and O–H groups in total. The number of hydrogen-bond donors (Lipinski definition) is 1. The van der Waals surface area contributed by atoms with E-state index in [2.05, 4.69) is 25.7 Å². The topological polar surface area (TPSA) is 38.3 Å². The highest BCUT2D eigenvalue weighted by Crippen LogP contribution is 2.24. The van der Waals surface area contributed by atoms with Crippen molar-refractivity contribution in [2.24, 2.45) is 0 Å². The summed E-state index contributed by atoms with van der Waals surface area (Å²) in [5.74, 6) is 0.879. The highest BCUT2D eigenvalue weighted by atomic mass is 16.5. The molecule has 0 aliphatic carbocycles. The van der Waals surface area contributed by atoms with Gasteiger partial charge in [0.05, 0.1) is 12.7 Å². The van der Waals surface area contributed by atoms with Crippen molar-refractivity contribution in [3.63, 3.8) is 0 Å². The summed E-state index contributed by atoms with van der Waals surface area (Å²) in [6, 6.07) is 5.66. The van der Waals surface area contributed by atoms with Gasteiger partial charge >= 0.3 is 0 Å². The van der Waals surface area contributed by atoms with Crippen LogP contribution in [0.25, 0.3) is 0 Å². The summed E-state index contributed by atoms with van der Waals surface area (Å²) in [6.07, 6.45) is 1.65. The summed E-state index contributed by atoms with van der Waals surface area (Å²) in [6.45, 7) is 8.22. The molecule has 0 atom stereocenters. The monoisotopic (exact) mass is 233 g/mol. The third-order valence-electron chi connectivity index (χ3n) is 2.54. The van der Waals surface area contributed by atoms with Crippen LogP contribution in [0.2, 0.25) is 0 Å². The minimum absolute atomic E-state index is 0.142. The van der Waals surface area contributed by atoms with Gasteiger partial charge in [0.15, 0.2) is 0 Å². The first kappa shape index (κ1) is 13.3. The van der Waals surface area contributed by atoms with E-state index in [9.17, 15) is 4.79 Å². The van der Waals surface area contributed by atoms with Crippen molar-refractivity contribution in [1.29, 1.82) is 0 Å². The molecule has 92 valence electrons. The quantitative estimate of drug-likeness (QED) is 0.794. The van der Waals surface area contributed by atoms with E-state index in [1.165, 1.54) is 0 Å². The fourth-order valence-electron chi connectivity index (χ4n) is 1.51. The first-order valence-corrected chi connectivity index (χ1v) is 5.67. The lowest BCUT2D eigenvalue weighted by atomic mass is 10.0. The molecule has 0 aliphatic rings. The minimum atomic E-state index is -0.142. The van der Waals surface area contributed by atoms with Crippen molar-refractivity contribution >= 4 is 5.91 Å². The Hall–Kier alpha value is -1.77. The zero-order valence-electron chi connectivity index (χ0n) is 10.6. The van der Waals surface area contributed by atoms with E-state index in [1.807, 2.05) is 12.1 Å². The van der Waals surface area contributed by atoms with Crippen LogP contribution in [-0.4, -0.2) is 19.6 Å². The predicted molar refractivity (Wildman–Crippen MR) is 69.6 cm³/mol. The van der Waals surface area contributed by atoms with Crippen LogP contribution in [0.1, 0.15) is 35.7 Å². The number of methoxy groups -OCH3 is 1. The molecule has 3 nitrogen and oxygen atoms in total. The molecule has 1 amide bonds. The Morgan fingerprint density at radius 1 is 1.53 bits per heavy atom. The first-order valence-electron chi connectivity index (χ1n) is 5.67. The summed E-state index contributed by atoms with van der Waals surface area (Å²) in [4.78, 5) is 11.8. The fraction of sp³-hybridized carbons (Fsp3) is 0.357. The second-order valence-corrected chi connectivity index (χ2v) is 4.11. The number of rotatable bonds is 5. The molecule has 0 saturated carbocycles. The van der Waals surface area contributed by atoms with Crippen LogP contribution in [0, 0.1) is 0 Å². The van der Waals surface area contributed by atoms with Gasteiger partial charge < -0.3 is 10.1 Å². The van der Waals surface area contributed by atoms with Gasteiger partial charge in [-0.05, 0) is 23.6 Å². The Balaban J connectivity index is 2.99. The van der Waals surface area contributed by atoms with Crippen LogP contribution >= 0.6 is 0 Å². The van der Waals surface area contributed by atoms with Crippen molar-refractivity contribution in [2.75, 3.05) is 13.7 Å². The molecule has 0 unspecified atom stereocenters. The van der Waals surface area contributed by atoms with Crippen molar-refractivity contribution in [1.82, 2.24) is 5.32 Å². The van der Waals surface area contributed by atoms with Gasteiger partial charge in [0.2, 0.25) is 0 Å². The third-order valence-corrected chi connectivity index (χ3v) is 2.54. The Bertz CT molecular complexity index is 411. The lowest BCUT2D eigenvalue weighted by Gasteiger charge is -2.12. The largest absolute Gasteiger partial charge is 0.496 e. The maximum atomic E-state index is 11.8. The Morgan fingerprint density at radius 3 is 2.76 bits per heavy atom. The van der Waals surface area contributed by atoms with E-state index in [4.69, 9.17) is 4.74 Å². The van der Waals surface area contributed by atoms with E-state index in [-0.39, 0.29) is 5.91 Å². The third kappa shape index (κ3) is 3.34. The number of benzene rings is 1. The van der Waals surface area contributed by atoms with Crippen LogP contribution in [0.4, 0.5) is 0 Å². The maximum absolute atomic E-state index is 11.8. The van der Waals surface area contributed by atoms with E-state index in [0.29, 0.717) is 23.8 Å². The van der Waals surface area contributed by atoms with Gasteiger partial charge in [0, 0.05) is 6.54 Å². The second kappa shape index (κ2) is 6.09. The van der Waals surface area contributed by atoms with Crippen molar-refractivity contribution < 1.29 is 9.53 Å². The molecule has 0 spiro atoms. The number of nitrogens with one attached hydrogen (secondary N) is 1. The molecule has 1 aromatic rings. The Kier molecular flexibility index (Phi) is 4.76. The summed E-state index contributed by atoms with van der Waals surface area (Å²) in [5.41, 5.74) is 1.71. The molecule has 17 heavy (non-hydrogen) atoms. The lowest BCUT2D eigenvalue weighted by molar-refractivity contribution is 0.0955. The maximum Gasteiger partial charge on any atom is 0.255 e. The summed E-state index contributed by atoms with van der Waals surface area (Å²) < 4.78 is 5.25. The second-order valence-electron chi connectivity index (χ2n) is 4.11. The smallest absolute Gasteiger partial charge is 0.255 e. The van der Waals surface area contributed by atoms with E-state index < -0.39 is 0 Å². The van der Waals surface area contributed by atoms with Gasteiger partial charge in [-0.15, -0.1) is 6.58 Å². The van der Waals surface area contributed by atoms with Crippen molar-refractivity contribution in [2.45, 2.75) is 19.8 Å². The van der Waals surface area contributed by atoms with Crippen LogP contribution < -0.4 is 10.1 Å². The predicted octanol–water partition coefficient (Wildman–Crippen LogP) is 2.73. The number of carbonyl (C=O) groups excluding carboxylic acids is 1. The molecule has 0 aromatic heterocycles. The van der Waals surface area contributed by atoms with E-state index >= 15 is 0 Å². The standard InChI is InChI=1S/C14H19NO2/c1-5-8-15-14(16)12-7-6-11(10(2)3)9-13(12)17-4/h5-7,9-10H,1,8H2,2-4H3,(H,15,16). The fourth-order valence-corrected chi connectivity index (χ4v) is 1.51. The average molecular weight is 233 g/mol. The van der Waals surface area contributed by atoms with Gasteiger partial charge in [0.1, 0.15) is 5.75 Å². The molecule has 0 radical (unpaired) electrons. The van der Waals surface area contributed by atoms with E-state index in [0.717, 1.165) is 5.56 Å². The highest BCUT2D eigenvalue weighted by Gasteiger charge is 2.12. The molecule has 0 bridgehead atoms. The summed E-state index contributed by atoms with van der Waals surface area (Å²) >= 11 is 0. The average Bonchev–Trinajstić information content (AvgIpc) is 2.34. The summed E-state index contributed by atoms with van der Waals surface area (Å²) in [5, 5.41) is 2.74. The molecular weight excluding hydrogens is 214 g/mol. The Morgan fingerprint density at radius 2 is 2.24 bits per heavy atom. The first-order chi connectivity index (χ1) is 8.10. The SMILES string of the molecule is C=CCNC(=O)c1ccc(C(C)C)cc1OC. The normalized spacial score (nSPS) is 10.1. The molecule has 1 rings (SSSR count). The molecule has 3 heteroatoms. The van der Waals surface area contributed by atoms with Gasteiger partial charge in [-0.2, -0.15) is 0 Å². The Labute approximate surface area is 102 Å². The van der Waals surface area contributed by atoms with E-state index in [1.54, 1.807) is 19.3 Å². The molecule has 0 heterocycles. The molecule has 0 aliphatic heterocycles. The van der Waals surface area contributed by atoms with Crippen LogP contribution in [0.3, 0.4) is 0 Å². The molecular formula is C14H19NO2. The van der Waals surface area contributed by atoms with Gasteiger partial charge in [-0.25, -0.2) is 0 Å². The molecule has 0 fully saturated rings. The minimum Gasteiger partial charge on any atom is -0.496 e. The van der Waals surface area contributed by atoms with Gasteiger partial charge in [-0.3, -0.25) is 4.79 Å². The van der Waals surface area contributed by atoms with Crippen LogP contribution in [0.15, 0.2) is 30.9 Å². The zero-order chi connectivity index (χ0) is 12.8. The number of ether oxygens (including phenoxy) is 1. The summed E-state index contributed by atoms with van der Waals surface area (Å²) in [7, 11) is 1.57. The van der Waals surface area contributed by atoms with Crippen LogP contribution in [-0.2, 0) is 0 Å². The number of hydrogen-bond acceptors (Lipinski definition) is 2. The van der Waals surface area contributed by atoms with Crippen LogP contribution in [0.5, 0.6) is 5.75 Å². The number of carbonyl (C=O) groups is 1. The van der Waals surface area contributed by atoms with Gasteiger partial charge in [0.25, 0.3) is 5.91 Å². The zero-order valence-corrected chi connectivity index (χ0v) is 10.6. The lowest BCUT2D eigenvalue weighted by Crippen LogP contribution is -2.23. The number of amides is 1. The highest BCUT2D eigenvalue weighted by molar-refractivity contribution is 5.97. The van der Waals surface area contributed by atoms with Gasteiger partial charge in [-0.1, -0.05) is 26.0 Å². The molecule has 1 aromatic carbocycles. The molecule has 0 saturated heterocycles.